The molecule has 21 heavy (non-hydrogen) atoms. The summed E-state index contributed by atoms with van der Waals surface area (Å²) in [5.74, 6) is 0.993. The number of rotatable bonds is 17. The fourth-order valence-corrected chi connectivity index (χ4v) is 1.64. The van der Waals surface area contributed by atoms with Gasteiger partial charge in [-0.25, -0.2) is 0 Å². The van der Waals surface area contributed by atoms with Crippen LogP contribution in [0.5, 0.6) is 0 Å². The molecular formula is C14H28Cl2O5. The minimum Gasteiger partial charge on any atom is -0.379 e. The lowest BCUT2D eigenvalue weighted by Gasteiger charge is -2.18. The highest BCUT2D eigenvalue weighted by Gasteiger charge is 2.10. The van der Waals surface area contributed by atoms with Gasteiger partial charge in [0.25, 0.3) is 0 Å². The highest BCUT2D eigenvalue weighted by molar-refractivity contribution is 6.18. The maximum atomic E-state index is 5.68. The highest BCUT2D eigenvalue weighted by atomic mass is 35.5. The van der Waals surface area contributed by atoms with Gasteiger partial charge < -0.3 is 23.7 Å². The van der Waals surface area contributed by atoms with Gasteiger partial charge in [0, 0.05) is 18.4 Å². The summed E-state index contributed by atoms with van der Waals surface area (Å²) >= 11 is 11.0. The third kappa shape index (κ3) is 16.6. The van der Waals surface area contributed by atoms with E-state index in [1.807, 2.05) is 0 Å². The van der Waals surface area contributed by atoms with Crippen LogP contribution in [0.3, 0.4) is 0 Å². The van der Waals surface area contributed by atoms with Crippen molar-refractivity contribution >= 4 is 23.2 Å². The molecule has 0 aliphatic rings. The van der Waals surface area contributed by atoms with E-state index in [-0.39, 0.29) is 6.10 Å². The molecule has 0 aliphatic heterocycles. The number of hydrogen-bond donors (Lipinski definition) is 0. The minimum absolute atomic E-state index is 0.0934. The summed E-state index contributed by atoms with van der Waals surface area (Å²) in [4.78, 5) is 0. The monoisotopic (exact) mass is 346 g/mol. The van der Waals surface area contributed by atoms with Gasteiger partial charge in [0.15, 0.2) is 0 Å². The predicted octanol–water partition coefficient (Wildman–Crippen LogP) is 2.33. The van der Waals surface area contributed by atoms with Crippen molar-refractivity contribution < 1.29 is 23.7 Å². The summed E-state index contributed by atoms with van der Waals surface area (Å²) in [5, 5.41) is 0. The van der Waals surface area contributed by atoms with Gasteiger partial charge in [-0.1, -0.05) is 6.92 Å². The number of alkyl halides is 2. The van der Waals surface area contributed by atoms with E-state index >= 15 is 0 Å². The molecule has 7 heteroatoms. The maximum Gasteiger partial charge on any atom is 0.104 e. The summed E-state index contributed by atoms with van der Waals surface area (Å²) < 4.78 is 27.2. The Morgan fingerprint density at radius 2 is 1.19 bits per heavy atom. The van der Waals surface area contributed by atoms with Gasteiger partial charge in [-0.2, -0.15) is 0 Å². The zero-order valence-corrected chi connectivity index (χ0v) is 14.4. The topological polar surface area (TPSA) is 46.2 Å². The molecule has 0 radical (unpaired) electrons. The standard InChI is InChI=1S/C14H28Cl2O5/c1-2-5-19-12-14(21-11-10-18-7-4-16)13-20-9-8-17-6-3-15/h14H,2-13H2,1H3. The first-order valence-electron chi connectivity index (χ1n) is 7.39. The molecule has 0 saturated heterocycles. The van der Waals surface area contributed by atoms with Crippen LogP contribution in [-0.2, 0) is 23.7 Å². The molecule has 0 aromatic rings. The smallest absolute Gasteiger partial charge is 0.104 e. The third-order valence-corrected chi connectivity index (χ3v) is 2.66. The molecular weight excluding hydrogens is 319 g/mol. The summed E-state index contributed by atoms with van der Waals surface area (Å²) in [5.41, 5.74) is 0. The van der Waals surface area contributed by atoms with Crippen LogP contribution in [0.15, 0.2) is 0 Å². The van der Waals surface area contributed by atoms with Crippen LogP contribution in [0, 0.1) is 0 Å². The van der Waals surface area contributed by atoms with E-state index in [4.69, 9.17) is 46.9 Å². The van der Waals surface area contributed by atoms with Gasteiger partial charge in [0.05, 0.1) is 52.9 Å². The Morgan fingerprint density at radius 3 is 1.76 bits per heavy atom. The Hall–Kier alpha value is 0.380. The zero-order chi connectivity index (χ0) is 15.6. The van der Waals surface area contributed by atoms with E-state index in [9.17, 15) is 0 Å². The maximum absolute atomic E-state index is 5.68. The van der Waals surface area contributed by atoms with Crippen LogP contribution in [0.2, 0.25) is 0 Å². The largest absolute Gasteiger partial charge is 0.379 e. The molecule has 0 aromatic heterocycles. The van der Waals surface area contributed by atoms with Crippen molar-refractivity contribution in [3.8, 4) is 0 Å². The van der Waals surface area contributed by atoms with Crippen molar-refractivity contribution in [2.75, 3.05) is 71.2 Å². The first-order valence-corrected chi connectivity index (χ1v) is 8.46. The Morgan fingerprint density at radius 1 is 0.667 bits per heavy atom. The molecule has 1 atom stereocenters. The second kappa shape index (κ2) is 18.4. The molecule has 0 bridgehead atoms. The van der Waals surface area contributed by atoms with Crippen molar-refractivity contribution in [2.24, 2.45) is 0 Å². The molecule has 0 heterocycles. The van der Waals surface area contributed by atoms with E-state index in [0.717, 1.165) is 13.0 Å². The first-order chi connectivity index (χ1) is 10.3. The van der Waals surface area contributed by atoms with Gasteiger partial charge in [-0.15, -0.1) is 23.2 Å². The normalized spacial score (nSPS) is 12.7. The molecule has 0 fully saturated rings. The number of ether oxygens (including phenoxy) is 5. The molecule has 0 aromatic carbocycles. The zero-order valence-electron chi connectivity index (χ0n) is 12.9. The third-order valence-electron chi connectivity index (χ3n) is 2.35. The molecule has 0 amide bonds. The lowest BCUT2D eigenvalue weighted by Crippen LogP contribution is -2.28. The van der Waals surface area contributed by atoms with Gasteiger partial charge in [-0.05, 0) is 6.42 Å². The lowest BCUT2D eigenvalue weighted by molar-refractivity contribution is -0.0774. The Kier molecular flexibility index (Phi) is 18.8. The second-order valence-corrected chi connectivity index (χ2v) is 5.00. The van der Waals surface area contributed by atoms with Crippen molar-refractivity contribution in [3.05, 3.63) is 0 Å². The summed E-state index contributed by atoms with van der Waals surface area (Å²) in [6, 6.07) is 0. The lowest BCUT2D eigenvalue weighted by atomic mass is 10.4. The first kappa shape index (κ1) is 21.4. The van der Waals surface area contributed by atoms with Crippen LogP contribution in [-0.4, -0.2) is 77.3 Å². The van der Waals surface area contributed by atoms with Gasteiger partial charge in [0.1, 0.15) is 6.10 Å². The van der Waals surface area contributed by atoms with Crippen LogP contribution in [0.1, 0.15) is 13.3 Å². The Bertz CT molecular complexity index is 198. The average Bonchev–Trinajstić information content (AvgIpc) is 2.50. The van der Waals surface area contributed by atoms with Crippen molar-refractivity contribution in [3.63, 3.8) is 0 Å². The van der Waals surface area contributed by atoms with Crippen LogP contribution in [0.25, 0.3) is 0 Å². The van der Waals surface area contributed by atoms with Gasteiger partial charge >= 0.3 is 0 Å². The average molecular weight is 347 g/mol. The quantitative estimate of drug-likeness (QED) is 0.299. The van der Waals surface area contributed by atoms with E-state index in [0.29, 0.717) is 64.6 Å². The second-order valence-electron chi connectivity index (χ2n) is 4.25. The molecule has 0 saturated carbocycles. The summed E-state index contributed by atoms with van der Waals surface area (Å²) in [7, 11) is 0. The van der Waals surface area contributed by atoms with E-state index in [2.05, 4.69) is 6.92 Å². The molecule has 0 rings (SSSR count). The fraction of sp³-hybridized carbons (Fsp3) is 1.00. The van der Waals surface area contributed by atoms with Crippen LogP contribution >= 0.6 is 23.2 Å². The molecule has 0 N–H and O–H groups in total. The molecule has 1 unspecified atom stereocenters. The van der Waals surface area contributed by atoms with E-state index < -0.39 is 0 Å². The van der Waals surface area contributed by atoms with Crippen LogP contribution < -0.4 is 0 Å². The Balaban J connectivity index is 3.64. The SMILES string of the molecule is CCCOCC(COCCOCCCl)OCCOCCCl. The van der Waals surface area contributed by atoms with Gasteiger partial charge in [-0.3, -0.25) is 0 Å². The van der Waals surface area contributed by atoms with Crippen LogP contribution in [0.4, 0.5) is 0 Å². The highest BCUT2D eigenvalue weighted by Crippen LogP contribution is 1.97. The number of hydrogen-bond acceptors (Lipinski definition) is 5. The minimum atomic E-state index is -0.0934. The van der Waals surface area contributed by atoms with Gasteiger partial charge in [0.2, 0.25) is 0 Å². The Labute approximate surface area is 138 Å². The predicted molar refractivity (Wildman–Crippen MR) is 84.7 cm³/mol. The molecule has 0 spiro atoms. The van der Waals surface area contributed by atoms with E-state index in [1.165, 1.54) is 0 Å². The molecule has 0 aliphatic carbocycles. The fourth-order valence-electron chi connectivity index (χ4n) is 1.42. The van der Waals surface area contributed by atoms with Crippen molar-refractivity contribution in [2.45, 2.75) is 19.4 Å². The van der Waals surface area contributed by atoms with Crippen molar-refractivity contribution in [1.82, 2.24) is 0 Å². The summed E-state index contributed by atoms with van der Waals surface area (Å²) in [6.07, 6.45) is 0.891. The van der Waals surface area contributed by atoms with E-state index in [1.54, 1.807) is 0 Å². The molecule has 128 valence electrons. The summed E-state index contributed by atoms with van der Waals surface area (Å²) in [6.45, 7) is 6.95. The van der Waals surface area contributed by atoms with Crippen molar-refractivity contribution in [1.29, 1.82) is 0 Å². The number of halogens is 2. The molecule has 5 nitrogen and oxygen atoms in total.